The van der Waals surface area contributed by atoms with Crippen LogP contribution in [0.5, 0.6) is 0 Å². The zero-order valence-electron chi connectivity index (χ0n) is 11.5. The number of halogens is 1. The highest BCUT2D eigenvalue weighted by molar-refractivity contribution is 6.03. The van der Waals surface area contributed by atoms with Gasteiger partial charge in [-0.3, -0.25) is 9.48 Å². The van der Waals surface area contributed by atoms with Crippen LogP contribution in [-0.2, 0) is 13.1 Å². The Balaban J connectivity index is 2.23. The minimum atomic E-state index is -0.375. The average molecular weight is 276 g/mol. The van der Waals surface area contributed by atoms with Crippen LogP contribution in [0.2, 0.25) is 0 Å². The Kier molecular flexibility index (Phi) is 4.14. The van der Waals surface area contributed by atoms with Crippen molar-refractivity contribution in [1.29, 1.82) is 0 Å². The van der Waals surface area contributed by atoms with Gasteiger partial charge in [0.2, 0.25) is 0 Å². The summed E-state index contributed by atoms with van der Waals surface area (Å²) < 4.78 is 15.0. The molecule has 1 amide bonds. The van der Waals surface area contributed by atoms with Crippen molar-refractivity contribution >= 4 is 11.6 Å². The number of aryl methyl sites for hydroxylation is 2. The molecule has 0 aliphatic carbocycles. The molecular formula is C14H17FN4O. The maximum Gasteiger partial charge on any atom is 0.273 e. The average Bonchev–Trinajstić information content (AvgIpc) is 2.82. The summed E-state index contributed by atoms with van der Waals surface area (Å²) in [6, 6.07) is 6.05. The van der Waals surface area contributed by atoms with Gasteiger partial charge in [-0.25, -0.2) is 4.39 Å². The van der Waals surface area contributed by atoms with E-state index in [9.17, 15) is 9.18 Å². The zero-order chi connectivity index (χ0) is 14.7. The molecule has 0 spiro atoms. The lowest BCUT2D eigenvalue weighted by Crippen LogP contribution is -2.17. The number of rotatable bonds is 4. The molecule has 106 valence electrons. The molecule has 3 N–H and O–H groups in total. The number of carbonyl (C=O) groups is 1. The maximum atomic E-state index is 13.3. The van der Waals surface area contributed by atoms with E-state index in [1.54, 1.807) is 10.7 Å². The Hall–Kier alpha value is -2.21. The smallest absolute Gasteiger partial charge is 0.273 e. The van der Waals surface area contributed by atoms with Gasteiger partial charge in [0.1, 0.15) is 11.5 Å². The van der Waals surface area contributed by atoms with E-state index in [0.717, 1.165) is 5.69 Å². The Morgan fingerprint density at radius 3 is 2.85 bits per heavy atom. The van der Waals surface area contributed by atoms with Gasteiger partial charge in [0, 0.05) is 24.3 Å². The molecule has 0 fully saturated rings. The van der Waals surface area contributed by atoms with Gasteiger partial charge in [-0.1, -0.05) is 0 Å². The molecule has 5 nitrogen and oxygen atoms in total. The van der Waals surface area contributed by atoms with Crippen LogP contribution in [0.3, 0.4) is 0 Å². The number of nitrogens with zero attached hydrogens (tertiary/aromatic N) is 2. The van der Waals surface area contributed by atoms with E-state index in [1.165, 1.54) is 18.2 Å². The predicted molar refractivity (Wildman–Crippen MR) is 74.9 cm³/mol. The van der Waals surface area contributed by atoms with Crippen molar-refractivity contribution in [3.05, 3.63) is 47.0 Å². The van der Waals surface area contributed by atoms with Gasteiger partial charge >= 0.3 is 0 Å². The molecule has 0 atom stereocenters. The van der Waals surface area contributed by atoms with Crippen molar-refractivity contribution < 1.29 is 9.18 Å². The molecule has 0 radical (unpaired) electrons. The van der Waals surface area contributed by atoms with Crippen LogP contribution in [0, 0.1) is 12.7 Å². The van der Waals surface area contributed by atoms with Gasteiger partial charge in [0.25, 0.3) is 5.91 Å². The molecule has 0 unspecified atom stereocenters. The molecular weight excluding hydrogens is 259 g/mol. The fourth-order valence-electron chi connectivity index (χ4n) is 1.97. The van der Waals surface area contributed by atoms with Gasteiger partial charge in [-0.05, 0) is 38.1 Å². The normalized spacial score (nSPS) is 10.6. The number of amides is 1. The van der Waals surface area contributed by atoms with E-state index in [-0.39, 0.29) is 18.3 Å². The summed E-state index contributed by atoms with van der Waals surface area (Å²) in [7, 11) is 0. The molecule has 2 aromatic rings. The summed E-state index contributed by atoms with van der Waals surface area (Å²) in [5.41, 5.74) is 7.57. The van der Waals surface area contributed by atoms with E-state index in [4.69, 9.17) is 5.73 Å². The summed E-state index contributed by atoms with van der Waals surface area (Å²) >= 11 is 0. The molecule has 0 saturated carbocycles. The van der Waals surface area contributed by atoms with Crippen LogP contribution in [0.25, 0.3) is 0 Å². The molecule has 0 bridgehead atoms. The lowest BCUT2D eigenvalue weighted by Gasteiger charge is -2.08. The largest absolute Gasteiger partial charge is 0.326 e. The number of hydrogen-bond donors (Lipinski definition) is 2. The van der Waals surface area contributed by atoms with Crippen LogP contribution in [0.15, 0.2) is 24.3 Å². The van der Waals surface area contributed by atoms with Crippen molar-refractivity contribution in [2.45, 2.75) is 26.9 Å². The monoisotopic (exact) mass is 276 g/mol. The van der Waals surface area contributed by atoms with Gasteiger partial charge in [0.05, 0.1) is 5.69 Å². The highest BCUT2D eigenvalue weighted by atomic mass is 19.1. The van der Waals surface area contributed by atoms with Gasteiger partial charge in [-0.2, -0.15) is 5.10 Å². The number of benzene rings is 1. The van der Waals surface area contributed by atoms with Crippen LogP contribution < -0.4 is 11.1 Å². The predicted octanol–water partition coefficient (Wildman–Crippen LogP) is 2.06. The quantitative estimate of drug-likeness (QED) is 0.897. The standard InChI is InChI=1S/C14H17FN4O/c1-3-19-13(6-9(2)18-19)14(20)17-11-4-5-12(15)10(7-11)8-16/h4-7H,3,8,16H2,1-2H3,(H,17,20). The lowest BCUT2D eigenvalue weighted by atomic mass is 10.2. The third-order valence-corrected chi connectivity index (χ3v) is 2.96. The van der Waals surface area contributed by atoms with Gasteiger partial charge in [-0.15, -0.1) is 0 Å². The second kappa shape index (κ2) is 5.83. The Morgan fingerprint density at radius 2 is 2.20 bits per heavy atom. The fourth-order valence-corrected chi connectivity index (χ4v) is 1.97. The summed E-state index contributed by atoms with van der Waals surface area (Å²) in [5, 5.41) is 6.94. The zero-order valence-corrected chi connectivity index (χ0v) is 11.5. The van der Waals surface area contributed by atoms with Crippen molar-refractivity contribution in [3.63, 3.8) is 0 Å². The van der Waals surface area contributed by atoms with E-state index >= 15 is 0 Å². The number of nitrogens with two attached hydrogens (primary N) is 1. The SMILES string of the molecule is CCn1nc(C)cc1C(=O)Nc1ccc(F)c(CN)c1. The highest BCUT2D eigenvalue weighted by Gasteiger charge is 2.13. The number of hydrogen-bond acceptors (Lipinski definition) is 3. The van der Waals surface area contributed by atoms with Gasteiger partial charge in [0.15, 0.2) is 0 Å². The van der Waals surface area contributed by atoms with Crippen LogP contribution in [-0.4, -0.2) is 15.7 Å². The summed E-state index contributed by atoms with van der Waals surface area (Å²) in [6.45, 7) is 4.43. The minimum absolute atomic E-state index is 0.0849. The first-order chi connectivity index (χ1) is 9.55. The summed E-state index contributed by atoms with van der Waals surface area (Å²) in [6.07, 6.45) is 0. The number of nitrogens with one attached hydrogen (secondary N) is 1. The van der Waals surface area contributed by atoms with Crippen molar-refractivity contribution in [3.8, 4) is 0 Å². The topological polar surface area (TPSA) is 72.9 Å². The Bertz CT molecular complexity index is 636. The summed E-state index contributed by atoms with van der Waals surface area (Å²) in [4.78, 5) is 12.2. The molecule has 0 saturated heterocycles. The van der Waals surface area contributed by atoms with E-state index in [0.29, 0.717) is 23.5 Å². The number of carbonyl (C=O) groups excluding carboxylic acids is 1. The number of anilines is 1. The number of aromatic nitrogens is 2. The molecule has 0 aliphatic heterocycles. The van der Waals surface area contributed by atoms with Crippen LogP contribution in [0.1, 0.15) is 28.7 Å². The fraction of sp³-hybridized carbons (Fsp3) is 0.286. The van der Waals surface area contributed by atoms with E-state index in [2.05, 4.69) is 10.4 Å². The van der Waals surface area contributed by atoms with Crippen molar-refractivity contribution in [2.75, 3.05) is 5.32 Å². The highest BCUT2D eigenvalue weighted by Crippen LogP contribution is 2.15. The first kappa shape index (κ1) is 14.2. The molecule has 1 heterocycles. The third-order valence-electron chi connectivity index (χ3n) is 2.96. The molecule has 2 rings (SSSR count). The van der Waals surface area contributed by atoms with E-state index in [1.807, 2.05) is 13.8 Å². The Morgan fingerprint density at radius 1 is 1.45 bits per heavy atom. The first-order valence-corrected chi connectivity index (χ1v) is 6.39. The summed E-state index contributed by atoms with van der Waals surface area (Å²) in [5.74, 6) is -0.651. The van der Waals surface area contributed by atoms with Crippen molar-refractivity contribution in [1.82, 2.24) is 9.78 Å². The third kappa shape index (κ3) is 2.85. The molecule has 1 aromatic heterocycles. The van der Waals surface area contributed by atoms with Crippen molar-refractivity contribution in [2.24, 2.45) is 5.73 Å². The Labute approximate surface area is 116 Å². The maximum absolute atomic E-state index is 13.3. The van der Waals surface area contributed by atoms with Gasteiger partial charge < -0.3 is 11.1 Å². The lowest BCUT2D eigenvalue weighted by molar-refractivity contribution is 0.101. The molecule has 6 heteroatoms. The van der Waals surface area contributed by atoms with Crippen LogP contribution >= 0.6 is 0 Å². The minimum Gasteiger partial charge on any atom is -0.326 e. The first-order valence-electron chi connectivity index (χ1n) is 6.39. The molecule has 0 aliphatic rings. The molecule has 20 heavy (non-hydrogen) atoms. The second-order valence-electron chi connectivity index (χ2n) is 4.45. The second-order valence-corrected chi connectivity index (χ2v) is 4.45. The van der Waals surface area contributed by atoms with E-state index < -0.39 is 0 Å². The molecule has 1 aromatic carbocycles. The van der Waals surface area contributed by atoms with Crippen LogP contribution in [0.4, 0.5) is 10.1 Å².